The molecule has 0 saturated heterocycles. The molecule has 5 nitrogen and oxygen atoms in total. The van der Waals surface area contributed by atoms with Crippen LogP contribution in [-0.2, 0) is 22.7 Å². The molecule has 1 N–H and O–H groups in total. The molecule has 1 amide bonds. The lowest BCUT2D eigenvalue weighted by Gasteiger charge is -2.05. The summed E-state index contributed by atoms with van der Waals surface area (Å²) in [5, 5.41) is 1.90. The first-order valence-corrected chi connectivity index (χ1v) is 9.23. The predicted molar refractivity (Wildman–Crippen MR) is 102 cm³/mol. The van der Waals surface area contributed by atoms with E-state index in [-0.39, 0.29) is 18.1 Å². The minimum Gasteiger partial charge on any atom is -0.294 e. The van der Waals surface area contributed by atoms with Crippen LogP contribution in [0.5, 0.6) is 0 Å². The Morgan fingerprint density at radius 3 is 2.70 bits per heavy atom. The Labute approximate surface area is 159 Å². The number of hydrogen-bond acceptors (Lipinski definition) is 4. The van der Waals surface area contributed by atoms with Crippen molar-refractivity contribution >= 4 is 22.2 Å². The molecule has 0 fully saturated rings. The smallest absolute Gasteiger partial charge is 0.249 e. The van der Waals surface area contributed by atoms with E-state index in [1.165, 1.54) is 23.5 Å². The van der Waals surface area contributed by atoms with Gasteiger partial charge in [-0.05, 0) is 29.8 Å². The molecule has 0 spiro atoms. The lowest BCUT2D eigenvalue weighted by molar-refractivity contribution is -0.133. The zero-order valence-electron chi connectivity index (χ0n) is 14.3. The van der Waals surface area contributed by atoms with E-state index in [2.05, 4.69) is 10.5 Å². The lowest BCUT2D eigenvalue weighted by atomic mass is 10.2. The molecule has 0 radical (unpaired) electrons. The molecule has 0 saturated carbocycles. The van der Waals surface area contributed by atoms with Gasteiger partial charge in [0.25, 0.3) is 0 Å². The molecule has 4 aromatic rings. The van der Waals surface area contributed by atoms with Gasteiger partial charge >= 0.3 is 0 Å². The standard InChI is InChI=1S/C20H16FN3O2S/c21-16-8-6-15(7-9-16)18-11-24-17(13-27-20(24)22-18)10-19(25)23-26-12-14-4-2-1-3-5-14/h1-9,11,13H,10,12H2,(H,23,25). The minimum atomic E-state index is -0.285. The van der Waals surface area contributed by atoms with Crippen molar-refractivity contribution in [2.75, 3.05) is 0 Å². The van der Waals surface area contributed by atoms with Gasteiger partial charge < -0.3 is 0 Å². The number of hydroxylamine groups is 1. The number of aromatic nitrogens is 2. The van der Waals surface area contributed by atoms with Crippen molar-refractivity contribution in [2.24, 2.45) is 0 Å². The number of carbonyl (C=O) groups excluding carboxylic acids is 1. The largest absolute Gasteiger partial charge is 0.294 e. The number of fused-ring (bicyclic) bond motifs is 1. The molecular weight excluding hydrogens is 365 g/mol. The summed E-state index contributed by atoms with van der Waals surface area (Å²) in [6.07, 6.45) is 2.03. The summed E-state index contributed by atoms with van der Waals surface area (Å²) in [4.78, 5) is 22.7. The quantitative estimate of drug-likeness (QED) is 0.514. The van der Waals surface area contributed by atoms with Crippen molar-refractivity contribution in [3.05, 3.63) is 83.2 Å². The molecule has 7 heteroatoms. The van der Waals surface area contributed by atoms with E-state index in [0.29, 0.717) is 6.61 Å². The Kier molecular flexibility index (Phi) is 4.95. The van der Waals surface area contributed by atoms with Crippen molar-refractivity contribution < 1.29 is 14.0 Å². The second-order valence-electron chi connectivity index (χ2n) is 5.99. The number of nitrogens with zero attached hydrogens (tertiary/aromatic N) is 2. The first-order chi connectivity index (χ1) is 13.2. The van der Waals surface area contributed by atoms with E-state index in [9.17, 15) is 9.18 Å². The van der Waals surface area contributed by atoms with E-state index in [1.54, 1.807) is 12.1 Å². The average molecular weight is 381 g/mol. The highest BCUT2D eigenvalue weighted by molar-refractivity contribution is 7.15. The fraction of sp³-hybridized carbons (Fsp3) is 0.100. The Bertz CT molecular complexity index is 1060. The van der Waals surface area contributed by atoms with Crippen LogP contribution in [0, 0.1) is 5.82 Å². The van der Waals surface area contributed by atoms with Crippen LogP contribution in [0.4, 0.5) is 4.39 Å². The maximum atomic E-state index is 13.1. The Morgan fingerprint density at radius 2 is 1.93 bits per heavy atom. The number of hydrogen-bond donors (Lipinski definition) is 1. The van der Waals surface area contributed by atoms with Gasteiger partial charge in [0.15, 0.2) is 4.96 Å². The Balaban J connectivity index is 1.41. The molecule has 0 aliphatic carbocycles. The lowest BCUT2D eigenvalue weighted by Crippen LogP contribution is -2.25. The number of imidazole rings is 1. The number of rotatable bonds is 6. The van der Waals surface area contributed by atoms with Crippen molar-refractivity contribution in [2.45, 2.75) is 13.0 Å². The zero-order valence-corrected chi connectivity index (χ0v) is 15.1. The summed E-state index contributed by atoms with van der Waals surface area (Å²) in [5.41, 5.74) is 5.83. The SMILES string of the molecule is O=C(Cc1csc2nc(-c3ccc(F)cc3)cn12)NOCc1ccccc1. The van der Waals surface area contributed by atoms with Crippen LogP contribution in [0.25, 0.3) is 16.2 Å². The topological polar surface area (TPSA) is 55.6 Å². The number of amides is 1. The average Bonchev–Trinajstić information content (AvgIpc) is 3.25. The number of nitrogens with one attached hydrogen (secondary N) is 1. The highest BCUT2D eigenvalue weighted by atomic mass is 32.1. The van der Waals surface area contributed by atoms with Gasteiger partial charge in [-0.3, -0.25) is 14.0 Å². The third-order valence-electron chi connectivity index (χ3n) is 4.03. The summed E-state index contributed by atoms with van der Waals surface area (Å²) < 4.78 is 15.0. The summed E-state index contributed by atoms with van der Waals surface area (Å²) in [6, 6.07) is 15.8. The van der Waals surface area contributed by atoms with Crippen LogP contribution in [0.1, 0.15) is 11.3 Å². The van der Waals surface area contributed by atoms with E-state index < -0.39 is 0 Å². The maximum absolute atomic E-state index is 13.1. The fourth-order valence-electron chi connectivity index (χ4n) is 2.69. The molecule has 0 bridgehead atoms. The Hall–Kier alpha value is -3.03. The van der Waals surface area contributed by atoms with Crippen molar-refractivity contribution in [1.82, 2.24) is 14.9 Å². The van der Waals surface area contributed by atoms with Gasteiger partial charge in [0.1, 0.15) is 5.82 Å². The van der Waals surface area contributed by atoms with Gasteiger partial charge in [-0.15, -0.1) is 11.3 Å². The van der Waals surface area contributed by atoms with E-state index in [4.69, 9.17) is 4.84 Å². The predicted octanol–water partition coefficient (Wildman–Crippen LogP) is 3.99. The molecule has 2 aromatic heterocycles. The molecule has 27 heavy (non-hydrogen) atoms. The molecule has 0 aliphatic rings. The number of halogens is 1. The van der Waals surface area contributed by atoms with Crippen LogP contribution in [0.15, 0.2) is 66.2 Å². The van der Waals surface area contributed by atoms with Crippen LogP contribution in [0.2, 0.25) is 0 Å². The normalized spacial score (nSPS) is 11.0. The third kappa shape index (κ3) is 4.05. The van der Waals surface area contributed by atoms with Crippen LogP contribution < -0.4 is 5.48 Å². The van der Waals surface area contributed by atoms with Crippen LogP contribution in [0.3, 0.4) is 0 Å². The highest BCUT2D eigenvalue weighted by Crippen LogP contribution is 2.24. The minimum absolute atomic E-state index is 0.175. The second kappa shape index (κ2) is 7.69. The molecule has 0 atom stereocenters. The maximum Gasteiger partial charge on any atom is 0.249 e. The van der Waals surface area contributed by atoms with Crippen molar-refractivity contribution in [1.29, 1.82) is 0 Å². The van der Waals surface area contributed by atoms with Gasteiger partial charge in [-0.2, -0.15) is 0 Å². The van der Waals surface area contributed by atoms with E-state index in [0.717, 1.165) is 27.5 Å². The number of thiazole rings is 1. The summed E-state index contributed by atoms with van der Waals surface area (Å²) >= 11 is 1.45. The van der Waals surface area contributed by atoms with Gasteiger partial charge in [-0.25, -0.2) is 14.9 Å². The van der Waals surface area contributed by atoms with E-state index in [1.807, 2.05) is 46.3 Å². The highest BCUT2D eigenvalue weighted by Gasteiger charge is 2.13. The summed E-state index contributed by atoms with van der Waals surface area (Å²) in [7, 11) is 0. The van der Waals surface area contributed by atoms with Crippen LogP contribution in [-0.4, -0.2) is 15.3 Å². The second-order valence-corrected chi connectivity index (χ2v) is 6.83. The molecular formula is C20H16FN3O2S. The van der Waals surface area contributed by atoms with Crippen LogP contribution >= 0.6 is 11.3 Å². The summed E-state index contributed by atoms with van der Waals surface area (Å²) in [5.74, 6) is -0.518. The van der Waals surface area contributed by atoms with Gasteiger partial charge in [0.05, 0.1) is 18.7 Å². The van der Waals surface area contributed by atoms with Gasteiger partial charge in [0.2, 0.25) is 5.91 Å². The third-order valence-corrected chi connectivity index (χ3v) is 4.92. The van der Waals surface area contributed by atoms with Crippen molar-refractivity contribution in [3.8, 4) is 11.3 Å². The summed E-state index contributed by atoms with van der Waals surface area (Å²) in [6.45, 7) is 0.311. The molecule has 0 unspecified atom stereocenters. The van der Waals surface area contributed by atoms with Gasteiger partial charge in [-0.1, -0.05) is 30.3 Å². The molecule has 0 aliphatic heterocycles. The molecule has 2 aromatic carbocycles. The first-order valence-electron chi connectivity index (χ1n) is 8.35. The zero-order chi connectivity index (χ0) is 18.6. The van der Waals surface area contributed by atoms with Crippen molar-refractivity contribution in [3.63, 3.8) is 0 Å². The number of benzene rings is 2. The monoisotopic (exact) mass is 381 g/mol. The van der Waals surface area contributed by atoms with Gasteiger partial charge in [0, 0.05) is 22.8 Å². The molecule has 4 rings (SSSR count). The Morgan fingerprint density at radius 1 is 1.15 bits per heavy atom. The molecule has 2 heterocycles. The first kappa shape index (κ1) is 17.4. The number of carbonyl (C=O) groups is 1. The molecule has 136 valence electrons. The fourth-order valence-corrected chi connectivity index (χ4v) is 3.56. The van der Waals surface area contributed by atoms with E-state index >= 15 is 0 Å².